The van der Waals surface area contributed by atoms with Crippen LogP contribution in [0.1, 0.15) is 24.5 Å². The van der Waals surface area contributed by atoms with Crippen molar-refractivity contribution in [1.82, 2.24) is 5.32 Å². The Bertz CT molecular complexity index is 416. The Kier molecular flexibility index (Phi) is 5.73. The third-order valence-corrected chi connectivity index (χ3v) is 2.60. The van der Waals surface area contributed by atoms with Crippen molar-refractivity contribution in [2.45, 2.75) is 20.0 Å². The molecule has 0 saturated carbocycles. The third-order valence-electron chi connectivity index (χ3n) is 2.24. The normalized spacial score (nSPS) is 10.8. The second-order valence-corrected chi connectivity index (χ2v) is 4.09. The summed E-state index contributed by atoms with van der Waals surface area (Å²) in [6.45, 7) is 2.06. The molecule has 0 unspecified atom stereocenters. The van der Waals surface area contributed by atoms with Crippen molar-refractivity contribution < 1.29 is 9.90 Å². The Labute approximate surface area is 106 Å². The van der Waals surface area contributed by atoms with Crippen molar-refractivity contribution in [2.24, 2.45) is 0 Å². The number of aliphatic hydroxyl groups excluding tert-OH is 1. The third kappa shape index (κ3) is 5.02. The van der Waals surface area contributed by atoms with E-state index in [4.69, 9.17) is 16.7 Å². The molecule has 0 bridgehead atoms. The van der Waals surface area contributed by atoms with Crippen molar-refractivity contribution in [1.29, 1.82) is 0 Å². The number of halogens is 1. The first-order valence-electron chi connectivity index (χ1n) is 5.43. The van der Waals surface area contributed by atoms with Crippen LogP contribution in [0.4, 0.5) is 0 Å². The number of aliphatic hydroxyl groups is 1. The zero-order valence-electron chi connectivity index (χ0n) is 9.74. The van der Waals surface area contributed by atoms with Gasteiger partial charge >= 0.3 is 0 Å². The predicted octanol–water partition coefficient (Wildman–Crippen LogP) is 2.37. The number of nitrogens with one attached hydrogen (secondary N) is 1. The lowest BCUT2D eigenvalue weighted by molar-refractivity contribution is -0.118. The molecule has 0 heterocycles. The molecule has 0 aliphatic carbocycles. The van der Waals surface area contributed by atoms with E-state index < -0.39 is 0 Å². The minimum atomic E-state index is -0.0631. The molecule has 0 saturated heterocycles. The van der Waals surface area contributed by atoms with Gasteiger partial charge in [-0.05, 0) is 29.7 Å². The van der Waals surface area contributed by atoms with Gasteiger partial charge in [0.25, 0.3) is 0 Å². The number of carbonyl (C=O) groups excluding carboxylic acids is 1. The van der Waals surface area contributed by atoms with Gasteiger partial charge in [-0.1, -0.05) is 29.8 Å². The van der Waals surface area contributed by atoms with Gasteiger partial charge in [-0.2, -0.15) is 0 Å². The largest absolute Gasteiger partial charge is 0.392 e. The number of benzene rings is 1. The fourth-order valence-electron chi connectivity index (χ4n) is 1.37. The number of hydrogen-bond acceptors (Lipinski definition) is 2. The van der Waals surface area contributed by atoms with E-state index >= 15 is 0 Å². The molecule has 3 nitrogen and oxygen atoms in total. The first kappa shape index (κ1) is 13.7. The average molecular weight is 254 g/mol. The summed E-state index contributed by atoms with van der Waals surface area (Å²) in [6, 6.07) is 5.49. The van der Waals surface area contributed by atoms with Crippen LogP contribution in [0.25, 0.3) is 6.08 Å². The molecule has 17 heavy (non-hydrogen) atoms. The van der Waals surface area contributed by atoms with Gasteiger partial charge in [0.1, 0.15) is 0 Å². The van der Waals surface area contributed by atoms with Gasteiger partial charge in [-0.3, -0.25) is 4.79 Å². The Hall–Kier alpha value is -1.32. The molecule has 0 aliphatic heterocycles. The van der Waals surface area contributed by atoms with Crippen molar-refractivity contribution in [3.8, 4) is 0 Å². The average Bonchev–Trinajstić information content (AvgIpc) is 2.30. The summed E-state index contributed by atoms with van der Waals surface area (Å²) in [6.07, 6.45) is 4.69. The molecule has 0 radical (unpaired) electrons. The molecule has 0 fully saturated rings. The first-order valence-corrected chi connectivity index (χ1v) is 5.81. The van der Waals surface area contributed by atoms with Gasteiger partial charge in [0.15, 0.2) is 0 Å². The summed E-state index contributed by atoms with van der Waals surface area (Å²) in [5.41, 5.74) is 1.71. The van der Waals surface area contributed by atoms with Crippen molar-refractivity contribution >= 4 is 23.6 Å². The number of carbonyl (C=O) groups is 1. The highest BCUT2D eigenvalue weighted by Crippen LogP contribution is 2.18. The standard InChI is InChI=1S/C13H16ClNO2/c1-10(17)15-7-3-2-4-11-5-6-13(14)12(8-11)9-16/h2,4-6,8,16H,3,7,9H2,1H3,(H,15,17). The summed E-state index contributed by atoms with van der Waals surface area (Å²) in [5, 5.41) is 12.3. The molecular formula is C13H16ClNO2. The van der Waals surface area contributed by atoms with Gasteiger partial charge in [-0.25, -0.2) is 0 Å². The van der Waals surface area contributed by atoms with Crippen molar-refractivity contribution in [2.75, 3.05) is 6.54 Å². The quantitative estimate of drug-likeness (QED) is 0.792. The summed E-state index contributed by atoms with van der Waals surface area (Å²) in [7, 11) is 0. The Morgan fingerprint density at radius 2 is 2.29 bits per heavy atom. The van der Waals surface area contributed by atoms with Gasteiger partial charge in [0.2, 0.25) is 5.91 Å². The van der Waals surface area contributed by atoms with Crippen LogP contribution in [0.2, 0.25) is 5.02 Å². The van der Waals surface area contributed by atoms with Crippen molar-refractivity contribution in [3.05, 3.63) is 40.4 Å². The molecule has 92 valence electrons. The molecule has 0 aromatic heterocycles. The van der Waals surface area contributed by atoms with Gasteiger partial charge < -0.3 is 10.4 Å². The molecule has 0 spiro atoms. The number of hydrogen-bond donors (Lipinski definition) is 2. The molecule has 1 aromatic rings. The second-order valence-electron chi connectivity index (χ2n) is 3.68. The van der Waals surface area contributed by atoms with Crippen LogP contribution in [0.15, 0.2) is 24.3 Å². The molecule has 0 atom stereocenters. The maximum absolute atomic E-state index is 10.6. The fraction of sp³-hybridized carbons (Fsp3) is 0.308. The van der Waals surface area contributed by atoms with Crippen LogP contribution < -0.4 is 5.32 Å². The molecule has 0 aliphatic rings. The van der Waals surface area contributed by atoms with E-state index in [0.717, 1.165) is 17.5 Å². The van der Waals surface area contributed by atoms with E-state index in [1.54, 1.807) is 6.07 Å². The number of amides is 1. The van der Waals surface area contributed by atoms with Crippen LogP contribution in [-0.2, 0) is 11.4 Å². The van der Waals surface area contributed by atoms with E-state index in [9.17, 15) is 4.79 Å². The second kappa shape index (κ2) is 7.09. The molecular weight excluding hydrogens is 238 g/mol. The summed E-state index contributed by atoms with van der Waals surface area (Å²) >= 11 is 5.88. The molecule has 2 N–H and O–H groups in total. The van der Waals surface area contributed by atoms with Gasteiger partial charge in [0.05, 0.1) is 6.61 Å². The maximum Gasteiger partial charge on any atom is 0.216 e. The fourth-order valence-corrected chi connectivity index (χ4v) is 1.55. The zero-order chi connectivity index (χ0) is 12.7. The topological polar surface area (TPSA) is 49.3 Å². The van der Waals surface area contributed by atoms with Gasteiger partial charge in [-0.15, -0.1) is 0 Å². The Morgan fingerprint density at radius 3 is 2.94 bits per heavy atom. The lowest BCUT2D eigenvalue weighted by Crippen LogP contribution is -2.20. The maximum atomic E-state index is 10.6. The van der Waals surface area contributed by atoms with Crippen LogP contribution in [0.3, 0.4) is 0 Å². The SMILES string of the molecule is CC(=O)NCCC=Cc1ccc(Cl)c(CO)c1. The molecule has 1 aromatic carbocycles. The monoisotopic (exact) mass is 253 g/mol. The lowest BCUT2D eigenvalue weighted by atomic mass is 10.1. The van der Waals surface area contributed by atoms with Crippen molar-refractivity contribution in [3.63, 3.8) is 0 Å². The Morgan fingerprint density at radius 1 is 1.53 bits per heavy atom. The predicted molar refractivity (Wildman–Crippen MR) is 69.7 cm³/mol. The van der Waals surface area contributed by atoms with E-state index in [1.807, 2.05) is 24.3 Å². The highest BCUT2D eigenvalue weighted by Gasteiger charge is 1.98. The highest BCUT2D eigenvalue weighted by molar-refractivity contribution is 6.31. The summed E-state index contributed by atoms with van der Waals surface area (Å²) in [5.74, 6) is -0.0209. The Balaban J connectivity index is 2.50. The van der Waals surface area contributed by atoms with E-state index in [-0.39, 0.29) is 12.5 Å². The highest BCUT2D eigenvalue weighted by atomic mass is 35.5. The molecule has 1 amide bonds. The summed E-state index contributed by atoms with van der Waals surface area (Å²) in [4.78, 5) is 10.6. The lowest BCUT2D eigenvalue weighted by Gasteiger charge is -2.02. The van der Waals surface area contributed by atoms with E-state index in [1.165, 1.54) is 6.92 Å². The van der Waals surface area contributed by atoms with E-state index in [0.29, 0.717) is 11.6 Å². The zero-order valence-corrected chi connectivity index (χ0v) is 10.5. The first-order chi connectivity index (χ1) is 8.13. The smallest absolute Gasteiger partial charge is 0.216 e. The minimum absolute atomic E-state index is 0.0209. The molecule has 4 heteroatoms. The summed E-state index contributed by atoms with van der Waals surface area (Å²) < 4.78 is 0. The van der Waals surface area contributed by atoms with Gasteiger partial charge in [0, 0.05) is 18.5 Å². The van der Waals surface area contributed by atoms with E-state index in [2.05, 4.69) is 5.32 Å². The number of rotatable bonds is 5. The van der Waals surface area contributed by atoms with Crippen LogP contribution in [0.5, 0.6) is 0 Å². The minimum Gasteiger partial charge on any atom is -0.392 e. The molecule has 1 rings (SSSR count). The van der Waals surface area contributed by atoms with Crippen LogP contribution >= 0.6 is 11.6 Å². The van der Waals surface area contributed by atoms with Crippen LogP contribution in [0, 0.1) is 0 Å². The van der Waals surface area contributed by atoms with Crippen LogP contribution in [-0.4, -0.2) is 17.6 Å².